The molecule has 0 bridgehead atoms. The number of hydrogen-bond donors (Lipinski definition) is 1. The Labute approximate surface area is 93.5 Å². The van der Waals surface area contributed by atoms with Crippen molar-refractivity contribution in [1.29, 1.82) is 0 Å². The summed E-state index contributed by atoms with van der Waals surface area (Å²) in [5, 5.41) is 0.725. The van der Waals surface area contributed by atoms with Crippen molar-refractivity contribution in [2.45, 2.75) is 32.1 Å². The molecule has 1 aliphatic carbocycles. The Kier molecular flexibility index (Phi) is 2.24. The minimum absolute atomic E-state index is 0.179. The molecular weight excluding hydrogens is 200 g/mol. The Balaban J connectivity index is 2.34. The molecule has 0 saturated heterocycles. The highest BCUT2D eigenvalue weighted by molar-refractivity contribution is 5.75. The zero-order chi connectivity index (χ0) is 11.0. The van der Waals surface area contributed by atoms with E-state index in [1.807, 2.05) is 12.1 Å². The number of nitrogens with one attached hydrogen (secondary N) is 1. The molecule has 0 aromatic carbocycles. The number of pyridine rings is 2. The Morgan fingerprint density at radius 3 is 3.00 bits per heavy atom. The maximum absolute atomic E-state index is 12.3. The van der Waals surface area contributed by atoms with E-state index in [4.69, 9.17) is 0 Å². The summed E-state index contributed by atoms with van der Waals surface area (Å²) < 4.78 is 0. The zero-order valence-electron chi connectivity index (χ0n) is 9.12. The Hall–Kier alpha value is -1.64. The van der Waals surface area contributed by atoms with Gasteiger partial charge in [-0.05, 0) is 37.8 Å². The topological polar surface area (TPSA) is 45.8 Å². The molecule has 0 saturated carbocycles. The van der Waals surface area contributed by atoms with E-state index in [1.54, 1.807) is 6.20 Å². The van der Waals surface area contributed by atoms with Gasteiger partial charge < -0.3 is 4.98 Å². The molecule has 0 aliphatic heterocycles. The van der Waals surface area contributed by atoms with Crippen molar-refractivity contribution in [2.24, 2.45) is 0 Å². The fraction of sp³-hybridized carbons (Fsp3) is 0.385. The second-order valence-corrected chi connectivity index (χ2v) is 4.37. The summed E-state index contributed by atoms with van der Waals surface area (Å²) >= 11 is 0. The van der Waals surface area contributed by atoms with E-state index >= 15 is 0 Å². The van der Waals surface area contributed by atoms with E-state index in [9.17, 15) is 4.79 Å². The number of fused-ring (bicyclic) bond motifs is 2. The van der Waals surface area contributed by atoms with Crippen LogP contribution in [0.25, 0.3) is 11.0 Å². The summed E-state index contributed by atoms with van der Waals surface area (Å²) in [5.41, 5.74) is 3.00. The molecule has 0 amide bonds. The molecule has 2 aromatic heterocycles. The van der Waals surface area contributed by atoms with Crippen LogP contribution in [0.5, 0.6) is 0 Å². The van der Waals surface area contributed by atoms with Crippen LogP contribution in [0.4, 0.5) is 0 Å². The predicted molar refractivity (Wildman–Crippen MR) is 63.6 cm³/mol. The molecule has 1 aliphatic rings. The van der Waals surface area contributed by atoms with Crippen molar-refractivity contribution in [3.05, 3.63) is 39.8 Å². The van der Waals surface area contributed by atoms with Crippen LogP contribution in [0.15, 0.2) is 23.1 Å². The third kappa shape index (κ3) is 1.43. The largest absolute Gasteiger partial charge is 0.343 e. The minimum atomic E-state index is 0.179. The first kappa shape index (κ1) is 9.58. The van der Waals surface area contributed by atoms with Gasteiger partial charge >= 0.3 is 0 Å². The Bertz CT molecular complexity index is 586. The standard InChI is InChI=1S/C13H14N2O/c16-12-9-5-2-1-3-7-11(9)15-13-10(12)6-4-8-14-13/h4,6,8H,1-3,5,7H2,(H,14,15,16). The van der Waals surface area contributed by atoms with Crippen LogP contribution in [0.2, 0.25) is 0 Å². The molecule has 2 aromatic rings. The number of aromatic nitrogens is 2. The van der Waals surface area contributed by atoms with Crippen molar-refractivity contribution in [2.75, 3.05) is 0 Å². The molecule has 0 radical (unpaired) electrons. The molecule has 3 heteroatoms. The molecular formula is C13H14N2O. The van der Waals surface area contributed by atoms with Crippen LogP contribution in [0.3, 0.4) is 0 Å². The lowest BCUT2D eigenvalue weighted by Gasteiger charge is -2.06. The van der Waals surface area contributed by atoms with Crippen molar-refractivity contribution in [3.8, 4) is 0 Å². The van der Waals surface area contributed by atoms with Crippen LogP contribution >= 0.6 is 0 Å². The number of aryl methyl sites for hydroxylation is 1. The van der Waals surface area contributed by atoms with Gasteiger partial charge in [0.1, 0.15) is 5.65 Å². The quantitative estimate of drug-likeness (QED) is 0.683. The first-order valence-corrected chi connectivity index (χ1v) is 5.85. The van der Waals surface area contributed by atoms with Gasteiger partial charge in [-0.1, -0.05) is 6.42 Å². The van der Waals surface area contributed by atoms with E-state index < -0.39 is 0 Å². The summed E-state index contributed by atoms with van der Waals surface area (Å²) in [4.78, 5) is 19.8. The maximum atomic E-state index is 12.3. The number of rotatable bonds is 0. The van der Waals surface area contributed by atoms with E-state index in [2.05, 4.69) is 9.97 Å². The molecule has 3 rings (SSSR count). The van der Waals surface area contributed by atoms with E-state index in [-0.39, 0.29) is 5.43 Å². The fourth-order valence-electron chi connectivity index (χ4n) is 2.46. The maximum Gasteiger partial charge on any atom is 0.194 e. The molecule has 2 heterocycles. The van der Waals surface area contributed by atoms with Crippen LogP contribution in [-0.2, 0) is 12.8 Å². The smallest absolute Gasteiger partial charge is 0.194 e. The number of nitrogens with zero attached hydrogens (tertiary/aromatic N) is 1. The molecule has 0 fully saturated rings. The monoisotopic (exact) mass is 214 g/mol. The summed E-state index contributed by atoms with van der Waals surface area (Å²) in [6, 6.07) is 3.67. The van der Waals surface area contributed by atoms with Gasteiger partial charge in [0.15, 0.2) is 5.43 Å². The van der Waals surface area contributed by atoms with Gasteiger partial charge in [-0.25, -0.2) is 4.98 Å². The second kappa shape index (κ2) is 3.74. The average Bonchev–Trinajstić information content (AvgIpc) is 2.55. The fourth-order valence-corrected chi connectivity index (χ4v) is 2.46. The lowest BCUT2D eigenvalue weighted by Crippen LogP contribution is -2.14. The van der Waals surface area contributed by atoms with Crippen LogP contribution < -0.4 is 5.43 Å². The van der Waals surface area contributed by atoms with E-state index in [0.717, 1.165) is 41.6 Å². The van der Waals surface area contributed by atoms with Crippen molar-refractivity contribution < 1.29 is 0 Å². The van der Waals surface area contributed by atoms with Crippen LogP contribution in [0, 0.1) is 0 Å². The summed E-state index contributed by atoms with van der Waals surface area (Å²) in [6.45, 7) is 0. The van der Waals surface area contributed by atoms with Crippen LogP contribution in [-0.4, -0.2) is 9.97 Å². The van der Waals surface area contributed by atoms with E-state index in [1.165, 1.54) is 12.8 Å². The molecule has 82 valence electrons. The number of aromatic amines is 1. The zero-order valence-corrected chi connectivity index (χ0v) is 9.12. The molecule has 1 N–H and O–H groups in total. The minimum Gasteiger partial charge on any atom is -0.343 e. The molecule has 0 spiro atoms. The third-order valence-corrected chi connectivity index (χ3v) is 3.31. The predicted octanol–water partition coefficient (Wildman–Crippen LogP) is 2.19. The number of H-pyrrole nitrogens is 1. The first-order chi connectivity index (χ1) is 7.86. The van der Waals surface area contributed by atoms with Gasteiger partial charge in [-0.15, -0.1) is 0 Å². The van der Waals surface area contributed by atoms with Crippen molar-refractivity contribution in [3.63, 3.8) is 0 Å². The highest BCUT2D eigenvalue weighted by Crippen LogP contribution is 2.18. The first-order valence-electron chi connectivity index (χ1n) is 5.85. The average molecular weight is 214 g/mol. The third-order valence-electron chi connectivity index (χ3n) is 3.31. The van der Waals surface area contributed by atoms with Gasteiger partial charge in [-0.2, -0.15) is 0 Å². The van der Waals surface area contributed by atoms with Crippen molar-refractivity contribution >= 4 is 11.0 Å². The summed E-state index contributed by atoms with van der Waals surface area (Å²) in [6.07, 6.45) is 7.13. The molecule has 16 heavy (non-hydrogen) atoms. The Morgan fingerprint density at radius 2 is 2.06 bits per heavy atom. The normalized spacial score (nSPS) is 15.8. The second-order valence-electron chi connectivity index (χ2n) is 4.37. The summed E-state index contributed by atoms with van der Waals surface area (Å²) in [5.74, 6) is 0. The van der Waals surface area contributed by atoms with Crippen LogP contribution in [0.1, 0.15) is 30.5 Å². The highest BCUT2D eigenvalue weighted by Gasteiger charge is 2.14. The van der Waals surface area contributed by atoms with E-state index in [0.29, 0.717) is 0 Å². The number of hydrogen-bond acceptors (Lipinski definition) is 2. The van der Waals surface area contributed by atoms with Gasteiger partial charge in [0.05, 0.1) is 5.39 Å². The Morgan fingerprint density at radius 1 is 1.19 bits per heavy atom. The lowest BCUT2D eigenvalue weighted by molar-refractivity contribution is 0.708. The molecule has 0 atom stereocenters. The molecule has 3 nitrogen and oxygen atoms in total. The summed E-state index contributed by atoms with van der Waals surface area (Å²) in [7, 11) is 0. The highest BCUT2D eigenvalue weighted by atomic mass is 16.1. The van der Waals surface area contributed by atoms with Gasteiger partial charge in [0, 0.05) is 17.5 Å². The SMILES string of the molecule is O=c1c2c([nH]c3ncccc13)CCCCC2. The van der Waals surface area contributed by atoms with Crippen molar-refractivity contribution in [1.82, 2.24) is 9.97 Å². The van der Waals surface area contributed by atoms with Gasteiger partial charge in [0.2, 0.25) is 0 Å². The van der Waals surface area contributed by atoms with Gasteiger partial charge in [-0.3, -0.25) is 4.79 Å². The van der Waals surface area contributed by atoms with Gasteiger partial charge in [0.25, 0.3) is 0 Å². The lowest BCUT2D eigenvalue weighted by atomic mass is 10.1. The molecule has 0 unspecified atom stereocenters.